The van der Waals surface area contributed by atoms with Crippen LogP contribution in [0.4, 0.5) is 5.69 Å². The van der Waals surface area contributed by atoms with Gasteiger partial charge in [0.2, 0.25) is 21.8 Å². The van der Waals surface area contributed by atoms with Gasteiger partial charge in [0.15, 0.2) is 0 Å². The van der Waals surface area contributed by atoms with Crippen molar-refractivity contribution in [1.29, 1.82) is 0 Å². The molecular formula is C27H33N3O4S. The Morgan fingerprint density at radius 1 is 0.971 bits per heavy atom. The number of piperidine rings is 1. The van der Waals surface area contributed by atoms with Crippen molar-refractivity contribution in [3.63, 3.8) is 0 Å². The van der Waals surface area contributed by atoms with Gasteiger partial charge in [0.25, 0.3) is 0 Å². The van der Waals surface area contributed by atoms with Crippen LogP contribution in [0.5, 0.6) is 0 Å². The predicted molar refractivity (Wildman–Crippen MR) is 134 cm³/mol. The molecule has 2 heterocycles. The smallest absolute Gasteiger partial charge is 0.243 e. The van der Waals surface area contributed by atoms with E-state index in [0.717, 1.165) is 36.1 Å². The fourth-order valence-electron chi connectivity index (χ4n) is 5.39. The molecule has 2 amide bonds. The number of anilines is 1. The molecule has 1 atom stereocenters. The van der Waals surface area contributed by atoms with Crippen molar-refractivity contribution >= 4 is 27.5 Å². The van der Waals surface area contributed by atoms with Crippen LogP contribution in [0.1, 0.15) is 50.2 Å². The molecule has 0 unspecified atom stereocenters. The number of hydrogen-bond donors (Lipinski definition) is 1. The van der Waals surface area contributed by atoms with Crippen molar-refractivity contribution < 1.29 is 18.0 Å². The van der Waals surface area contributed by atoms with Crippen LogP contribution in [0.15, 0.2) is 53.4 Å². The van der Waals surface area contributed by atoms with Crippen molar-refractivity contribution in [3.05, 3.63) is 59.7 Å². The van der Waals surface area contributed by atoms with E-state index in [1.165, 1.54) is 4.31 Å². The number of rotatable bonds is 6. The molecule has 0 bridgehead atoms. The third kappa shape index (κ3) is 4.74. The summed E-state index contributed by atoms with van der Waals surface area (Å²) in [5.41, 5.74) is 2.81. The Bertz CT molecular complexity index is 1200. The number of hydrogen-bond acceptors (Lipinski definition) is 4. The SMILES string of the molecule is C[C@H]1Cc2cc(S(=O)(=O)N3CCC(C(=O)NCc4ccccc4)CC3)ccc2N1C(=O)C1CCC1. The van der Waals surface area contributed by atoms with E-state index < -0.39 is 10.0 Å². The first-order chi connectivity index (χ1) is 16.8. The largest absolute Gasteiger partial charge is 0.352 e. The van der Waals surface area contributed by atoms with E-state index in [1.54, 1.807) is 18.2 Å². The summed E-state index contributed by atoms with van der Waals surface area (Å²) < 4.78 is 28.3. The maximum absolute atomic E-state index is 13.4. The van der Waals surface area contributed by atoms with Gasteiger partial charge in [0.05, 0.1) is 4.90 Å². The Hall–Kier alpha value is -2.71. The second-order valence-corrected chi connectivity index (χ2v) is 12.0. The normalized spacial score (nSPS) is 21.4. The van der Waals surface area contributed by atoms with Crippen molar-refractivity contribution in [1.82, 2.24) is 9.62 Å². The van der Waals surface area contributed by atoms with Crippen LogP contribution in [0, 0.1) is 11.8 Å². The fourth-order valence-corrected chi connectivity index (χ4v) is 6.91. The summed E-state index contributed by atoms with van der Waals surface area (Å²) in [5, 5.41) is 2.98. The monoisotopic (exact) mass is 495 g/mol. The second-order valence-electron chi connectivity index (χ2n) is 10.1. The number of fused-ring (bicyclic) bond motifs is 1. The van der Waals surface area contributed by atoms with E-state index in [2.05, 4.69) is 5.32 Å². The Morgan fingerprint density at radius 2 is 1.69 bits per heavy atom. The Kier molecular flexibility index (Phi) is 6.68. The highest BCUT2D eigenvalue weighted by Gasteiger charge is 2.38. The molecular weight excluding hydrogens is 462 g/mol. The molecule has 35 heavy (non-hydrogen) atoms. The Morgan fingerprint density at radius 3 is 2.34 bits per heavy atom. The van der Waals surface area contributed by atoms with Crippen molar-refractivity contribution in [3.8, 4) is 0 Å². The highest BCUT2D eigenvalue weighted by Crippen LogP contribution is 2.38. The summed E-state index contributed by atoms with van der Waals surface area (Å²) in [4.78, 5) is 27.7. The molecule has 2 aromatic rings. The molecule has 2 aliphatic heterocycles. The molecule has 5 rings (SSSR count). The van der Waals surface area contributed by atoms with Gasteiger partial charge in [-0.25, -0.2) is 8.42 Å². The highest BCUT2D eigenvalue weighted by atomic mass is 32.2. The van der Waals surface area contributed by atoms with E-state index in [-0.39, 0.29) is 34.6 Å². The number of benzene rings is 2. The highest BCUT2D eigenvalue weighted by molar-refractivity contribution is 7.89. The first-order valence-electron chi connectivity index (χ1n) is 12.6. The minimum atomic E-state index is -3.65. The van der Waals surface area contributed by atoms with Gasteiger partial charge in [-0.05, 0) is 68.4 Å². The lowest BCUT2D eigenvalue weighted by atomic mass is 9.84. The van der Waals surface area contributed by atoms with Gasteiger partial charge in [-0.1, -0.05) is 36.8 Å². The number of nitrogens with zero attached hydrogens (tertiary/aromatic N) is 2. The summed E-state index contributed by atoms with van der Waals surface area (Å²) in [6.07, 6.45) is 4.68. The first kappa shape index (κ1) is 24.0. The maximum Gasteiger partial charge on any atom is 0.243 e. The average molecular weight is 496 g/mol. The van der Waals surface area contributed by atoms with Crippen LogP contribution in [0.3, 0.4) is 0 Å². The van der Waals surface area contributed by atoms with Crippen LogP contribution in [-0.4, -0.2) is 43.7 Å². The van der Waals surface area contributed by atoms with Gasteiger partial charge < -0.3 is 10.2 Å². The molecule has 1 saturated carbocycles. The van der Waals surface area contributed by atoms with Crippen LogP contribution in [-0.2, 0) is 32.6 Å². The van der Waals surface area contributed by atoms with E-state index in [9.17, 15) is 18.0 Å². The summed E-state index contributed by atoms with van der Waals surface area (Å²) in [6, 6.07) is 15.0. The zero-order valence-electron chi connectivity index (χ0n) is 20.2. The molecule has 1 aliphatic carbocycles. The number of carbonyl (C=O) groups excluding carboxylic acids is 2. The molecule has 7 nitrogen and oxygen atoms in total. The van der Waals surface area contributed by atoms with E-state index >= 15 is 0 Å². The molecule has 2 aromatic carbocycles. The summed E-state index contributed by atoms with van der Waals surface area (Å²) in [5.74, 6) is 0.0782. The molecule has 186 valence electrons. The summed E-state index contributed by atoms with van der Waals surface area (Å²) in [7, 11) is -3.65. The topological polar surface area (TPSA) is 86.8 Å². The van der Waals surface area contributed by atoms with Gasteiger partial charge in [0, 0.05) is 43.2 Å². The lowest BCUT2D eigenvalue weighted by Crippen LogP contribution is -2.43. The van der Waals surface area contributed by atoms with Crippen LogP contribution in [0.25, 0.3) is 0 Å². The minimum Gasteiger partial charge on any atom is -0.352 e. The minimum absolute atomic E-state index is 0.0198. The number of sulfonamides is 1. The van der Waals surface area contributed by atoms with Gasteiger partial charge in [-0.15, -0.1) is 0 Å². The summed E-state index contributed by atoms with van der Waals surface area (Å²) >= 11 is 0. The quantitative estimate of drug-likeness (QED) is 0.665. The maximum atomic E-state index is 13.4. The van der Waals surface area contributed by atoms with Crippen LogP contribution in [0.2, 0.25) is 0 Å². The average Bonchev–Trinajstić information content (AvgIpc) is 3.17. The van der Waals surface area contributed by atoms with Gasteiger partial charge in [-0.3, -0.25) is 9.59 Å². The molecule has 3 aliphatic rings. The van der Waals surface area contributed by atoms with Crippen molar-refractivity contribution in [2.24, 2.45) is 11.8 Å². The Balaban J connectivity index is 1.22. The summed E-state index contributed by atoms with van der Waals surface area (Å²) in [6.45, 7) is 3.15. The van der Waals surface area contributed by atoms with Crippen molar-refractivity contribution in [2.45, 2.75) is 62.9 Å². The molecule has 8 heteroatoms. The number of nitrogens with one attached hydrogen (secondary N) is 1. The van der Waals surface area contributed by atoms with E-state index in [1.807, 2.05) is 42.2 Å². The lowest BCUT2D eigenvalue weighted by molar-refractivity contribution is -0.126. The second kappa shape index (κ2) is 9.74. The third-order valence-corrected chi connectivity index (χ3v) is 9.63. The zero-order valence-corrected chi connectivity index (χ0v) is 21.0. The van der Waals surface area contributed by atoms with E-state index in [0.29, 0.717) is 38.9 Å². The first-order valence-corrected chi connectivity index (χ1v) is 14.1. The molecule has 0 radical (unpaired) electrons. The third-order valence-electron chi connectivity index (χ3n) is 7.73. The molecule has 2 fully saturated rings. The zero-order chi connectivity index (χ0) is 24.6. The predicted octanol–water partition coefficient (Wildman–Crippen LogP) is 3.48. The Labute approximate surface area is 207 Å². The number of carbonyl (C=O) groups is 2. The van der Waals surface area contributed by atoms with Crippen LogP contribution < -0.4 is 10.2 Å². The van der Waals surface area contributed by atoms with Gasteiger partial charge >= 0.3 is 0 Å². The van der Waals surface area contributed by atoms with Crippen molar-refractivity contribution in [2.75, 3.05) is 18.0 Å². The fraction of sp³-hybridized carbons (Fsp3) is 0.481. The number of amides is 2. The van der Waals surface area contributed by atoms with Gasteiger partial charge in [0.1, 0.15) is 0 Å². The molecule has 0 spiro atoms. The molecule has 1 saturated heterocycles. The van der Waals surface area contributed by atoms with E-state index in [4.69, 9.17) is 0 Å². The van der Waals surface area contributed by atoms with Crippen LogP contribution >= 0.6 is 0 Å². The standard InChI is InChI=1S/C27H33N3O4S/c1-19-16-23-17-24(10-11-25(23)30(19)27(32)22-8-5-9-22)35(33,34)29-14-12-21(13-15-29)26(31)28-18-20-6-3-2-4-7-20/h2-4,6-7,10-11,17,19,21-22H,5,8-9,12-16,18H2,1H3,(H,28,31)/t19-/m0/s1. The molecule has 0 aromatic heterocycles. The van der Waals surface area contributed by atoms with Gasteiger partial charge in [-0.2, -0.15) is 4.31 Å². The lowest BCUT2D eigenvalue weighted by Gasteiger charge is -2.32. The molecule has 1 N–H and O–H groups in total.